The lowest BCUT2D eigenvalue weighted by molar-refractivity contribution is -0.891. The van der Waals surface area contributed by atoms with E-state index in [-0.39, 0.29) is 30.3 Å². The van der Waals surface area contributed by atoms with Gasteiger partial charge in [0.05, 0.1) is 13.0 Å². The Hall–Kier alpha value is -1.83. The molecule has 8 heteroatoms. The number of carbonyl (C=O) groups excluding carboxylic acids is 1. The molecule has 2 N–H and O–H groups in total. The average Bonchev–Trinajstić information content (AvgIpc) is 2.91. The molecule has 3 rings (SSSR count). The smallest absolute Gasteiger partial charge is 0.337 e. The lowest BCUT2D eigenvalue weighted by Crippen LogP contribution is -2.51. The highest BCUT2D eigenvalue weighted by molar-refractivity contribution is 5.79. The van der Waals surface area contributed by atoms with E-state index in [0.29, 0.717) is 24.2 Å². The molecule has 0 spiro atoms. The SMILES string of the molecule is CO[n+]1cc(C(F)(F)F)cc2c1CCN(C(=O)[C@H]1CC[C@@H](N)C1C)C2. The highest BCUT2D eigenvalue weighted by atomic mass is 19.4. The van der Waals surface area contributed by atoms with Gasteiger partial charge in [-0.15, -0.1) is 0 Å². The van der Waals surface area contributed by atoms with E-state index in [9.17, 15) is 18.0 Å². The Labute approximate surface area is 144 Å². The lowest BCUT2D eigenvalue weighted by atomic mass is 9.93. The summed E-state index contributed by atoms with van der Waals surface area (Å²) in [7, 11) is 1.33. The van der Waals surface area contributed by atoms with Gasteiger partial charge in [-0.2, -0.15) is 13.2 Å². The summed E-state index contributed by atoms with van der Waals surface area (Å²) in [6.07, 6.45) is -1.50. The second-order valence-corrected chi connectivity index (χ2v) is 6.92. The molecule has 3 atom stereocenters. The molecule has 25 heavy (non-hydrogen) atoms. The number of carbonyl (C=O) groups is 1. The van der Waals surface area contributed by atoms with Crippen LogP contribution in [0.1, 0.15) is 36.6 Å². The second-order valence-electron chi connectivity index (χ2n) is 6.92. The Morgan fingerprint density at radius 3 is 2.68 bits per heavy atom. The van der Waals surface area contributed by atoms with E-state index in [1.54, 1.807) is 4.90 Å². The van der Waals surface area contributed by atoms with E-state index in [1.165, 1.54) is 7.11 Å². The molecule has 1 unspecified atom stereocenters. The maximum Gasteiger partial charge on any atom is 0.422 e. The summed E-state index contributed by atoms with van der Waals surface area (Å²) in [5, 5.41) is 0. The molecule has 1 aliphatic heterocycles. The van der Waals surface area contributed by atoms with Crippen LogP contribution in [-0.4, -0.2) is 30.5 Å². The maximum atomic E-state index is 13.1. The first-order valence-corrected chi connectivity index (χ1v) is 8.46. The normalized spacial score (nSPS) is 26.5. The van der Waals surface area contributed by atoms with Crippen molar-refractivity contribution in [1.29, 1.82) is 0 Å². The van der Waals surface area contributed by atoms with Crippen LogP contribution in [0.15, 0.2) is 12.3 Å². The minimum Gasteiger partial charge on any atom is -0.337 e. The Morgan fingerprint density at radius 1 is 1.40 bits per heavy atom. The topological polar surface area (TPSA) is 59.4 Å². The third-order valence-corrected chi connectivity index (χ3v) is 5.48. The minimum atomic E-state index is -4.46. The van der Waals surface area contributed by atoms with Crippen molar-refractivity contribution in [2.24, 2.45) is 17.6 Å². The lowest BCUT2D eigenvalue weighted by Gasteiger charge is -2.30. The molecular formula is C17H23F3N3O2+. The van der Waals surface area contributed by atoms with Gasteiger partial charge >= 0.3 is 6.18 Å². The van der Waals surface area contributed by atoms with Gasteiger partial charge in [0.2, 0.25) is 17.8 Å². The van der Waals surface area contributed by atoms with Crippen LogP contribution < -0.4 is 15.3 Å². The summed E-state index contributed by atoms with van der Waals surface area (Å²) in [6.45, 7) is 2.61. The number of alkyl halides is 3. The van der Waals surface area contributed by atoms with Gasteiger partial charge in [0.15, 0.2) is 0 Å². The number of hydrogen-bond acceptors (Lipinski definition) is 3. The fraction of sp³-hybridized carbons (Fsp3) is 0.647. The number of aromatic nitrogens is 1. The molecule has 0 aromatic carbocycles. The number of pyridine rings is 1. The maximum absolute atomic E-state index is 13.1. The van der Waals surface area contributed by atoms with Gasteiger partial charge < -0.3 is 10.6 Å². The Kier molecular flexibility index (Phi) is 4.66. The minimum absolute atomic E-state index is 0.00696. The zero-order valence-electron chi connectivity index (χ0n) is 14.3. The molecule has 1 aliphatic carbocycles. The van der Waals surface area contributed by atoms with Crippen molar-refractivity contribution >= 4 is 5.91 Å². The van der Waals surface area contributed by atoms with Crippen molar-refractivity contribution in [3.63, 3.8) is 0 Å². The van der Waals surface area contributed by atoms with Gasteiger partial charge in [0.25, 0.3) is 0 Å². The zero-order chi connectivity index (χ0) is 18.4. The molecule has 2 aliphatic rings. The van der Waals surface area contributed by atoms with Crippen LogP contribution in [0.4, 0.5) is 13.2 Å². The molecule has 0 saturated heterocycles. The number of halogens is 3. The highest BCUT2D eigenvalue weighted by Crippen LogP contribution is 2.34. The number of rotatable bonds is 2. The summed E-state index contributed by atoms with van der Waals surface area (Å²) in [6, 6.07) is 1.13. The van der Waals surface area contributed by atoms with Crippen LogP contribution in [0.3, 0.4) is 0 Å². The molecule has 138 valence electrons. The van der Waals surface area contributed by atoms with Gasteiger partial charge in [-0.05, 0) is 24.8 Å². The van der Waals surface area contributed by atoms with E-state index in [0.717, 1.165) is 29.8 Å². The zero-order valence-corrected chi connectivity index (χ0v) is 14.3. The van der Waals surface area contributed by atoms with E-state index < -0.39 is 11.7 Å². The van der Waals surface area contributed by atoms with Crippen molar-refractivity contribution in [2.75, 3.05) is 13.7 Å². The molecule has 0 radical (unpaired) electrons. The number of nitrogens with zero attached hydrogens (tertiary/aromatic N) is 2. The third kappa shape index (κ3) is 3.31. The molecule has 2 heterocycles. The van der Waals surface area contributed by atoms with Crippen LogP contribution in [0.5, 0.6) is 0 Å². The van der Waals surface area contributed by atoms with E-state index in [1.807, 2.05) is 6.92 Å². The van der Waals surface area contributed by atoms with Crippen LogP contribution in [0, 0.1) is 11.8 Å². The van der Waals surface area contributed by atoms with Crippen molar-refractivity contribution in [3.8, 4) is 0 Å². The van der Waals surface area contributed by atoms with Gasteiger partial charge in [0.1, 0.15) is 12.7 Å². The monoisotopic (exact) mass is 358 g/mol. The van der Waals surface area contributed by atoms with E-state index >= 15 is 0 Å². The fourth-order valence-electron chi connectivity index (χ4n) is 3.87. The number of nitrogens with two attached hydrogens (primary N) is 1. The predicted molar refractivity (Wildman–Crippen MR) is 83.1 cm³/mol. The van der Waals surface area contributed by atoms with Crippen LogP contribution in [0.25, 0.3) is 0 Å². The Bertz CT molecular complexity index is 678. The van der Waals surface area contributed by atoms with Gasteiger partial charge in [-0.3, -0.25) is 9.63 Å². The molecule has 1 aromatic heterocycles. The summed E-state index contributed by atoms with van der Waals surface area (Å²) < 4.78 is 40.5. The molecular weight excluding hydrogens is 335 g/mol. The standard InChI is InChI=1S/C17H23F3N3O2/c1-10-13(3-4-14(10)21)16(24)22-6-5-15-11(8-22)7-12(17(18,19)20)9-23(15)25-2/h7,9-10,13-14H,3-6,8,21H2,1-2H3/q+1/t10?,13-,14+/m0/s1. The second kappa shape index (κ2) is 6.48. The van der Waals surface area contributed by atoms with Gasteiger partial charge in [-0.25, -0.2) is 0 Å². The van der Waals surface area contributed by atoms with Crippen LogP contribution >= 0.6 is 0 Å². The van der Waals surface area contributed by atoms with Crippen molar-refractivity contribution in [3.05, 3.63) is 29.1 Å². The van der Waals surface area contributed by atoms with E-state index in [2.05, 4.69) is 0 Å². The van der Waals surface area contributed by atoms with E-state index in [4.69, 9.17) is 10.6 Å². The van der Waals surface area contributed by atoms with Crippen molar-refractivity contribution in [2.45, 2.75) is 44.9 Å². The Balaban J connectivity index is 1.86. The molecule has 1 fully saturated rings. The highest BCUT2D eigenvalue weighted by Gasteiger charge is 2.41. The molecule has 1 saturated carbocycles. The van der Waals surface area contributed by atoms with Crippen molar-refractivity contribution in [1.82, 2.24) is 4.90 Å². The molecule has 1 aromatic rings. The summed E-state index contributed by atoms with van der Waals surface area (Å²) in [5.74, 6) is -0.0521. The van der Waals surface area contributed by atoms with Gasteiger partial charge in [0, 0.05) is 28.8 Å². The summed E-state index contributed by atoms with van der Waals surface area (Å²) in [5.41, 5.74) is 6.38. The fourth-order valence-corrected chi connectivity index (χ4v) is 3.87. The Morgan fingerprint density at radius 2 is 2.12 bits per heavy atom. The predicted octanol–water partition coefficient (Wildman–Crippen LogP) is 1.31. The van der Waals surface area contributed by atoms with Crippen molar-refractivity contribution < 1.29 is 27.5 Å². The number of hydrogen-bond donors (Lipinski definition) is 1. The first kappa shape index (κ1) is 18.0. The molecule has 0 bridgehead atoms. The third-order valence-electron chi connectivity index (χ3n) is 5.48. The van der Waals surface area contributed by atoms with Gasteiger partial charge in [-0.1, -0.05) is 6.92 Å². The quantitative estimate of drug-likeness (QED) is 0.811. The summed E-state index contributed by atoms with van der Waals surface area (Å²) >= 11 is 0. The largest absolute Gasteiger partial charge is 0.422 e. The van der Waals surface area contributed by atoms with Crippen LogP contribution in [0.2, 0.25) is 0 Å². The first-order chi connectivity index (χ1) is 11.7. The number of fused-ring (bicyclic) bond motifs is 1. The molecule has 1 amide bonds. The van der Waals surface area contributed by atoms with Crippen LogP contribution in [-0.2, 0) is 23.9 Å². The number of amides is 1. The summed E-state index contributed by atoms with van der Waals surface area (Å²) in [4.78, 5) is 19.5. The average molecular weight is 358 g/mol. The first-order valence-electron chi connectivity index (χ1n) is 8.46. The molecule has 5 nitrogen and oxygen atoms in total.